The monoisotopic (exact) mass is 332 g/mol. The van der Waals surface area contributed by atoms with E-state index in [9.17, 15) is 18.5 Å². The molecule has 1 aliphatic heterocycles. The average Bonchev–Trinajstić information content (AvgIpc) is 2.72. The first-order chi connectivity index (χ1) is 10.2. The van der Waals surface area contributed by atoms with Gasteiger partial charge in [-0.3, -0.25) is 14.3 Å². The fourth-order valence-corrected chi connectivity index (χ4v) is 2.71. The van der Waals surface area contributed by atoms with Crippen molar-refractivity contribution in [3.63, 3.8) is 0 Å². The van der Waals surface area contributed by atoms with Crippen LogP contribution in [0.25, 0.3) is 0 Å². The summed E-state index contributed by atoms with van der Waals surface area (Å²) in [5.41, 5.74) is 0.0253. The summed E-state index contributed by atoms with van der Waals surface area (Å²) >= 11 is 0. The van der Waals surface area contributed by atoms with Crippen molar-refractivity contribution in [3.8, 4) is 0 Å². The van der Waals surface area contributed by atoms with Crippen molar-refractivity contribution in [1.29, 1.82) is 0 Å². The minimum atomic E-state index is -4.05. The molecule has 0 unspecified atom stereocenters. The Hall–Kier alpha value is -1.59. The van der Waals surface area contributed by atoms with E-state index >= 15 is 0 Å². The number of nitrogens with zero attached hydrogens (tertiary/aromatic N) is 1. The average molecular weight is 332 g/mol. The number of hydrogen-bond donors (Lipinski definition) is 1. The summed E-state index contributed by atoms with van der Waals surface area (Å²) in [5.74, 6) is -1.12. The van der Waals surface area contributed by atoms with E-state index in [1.165, 1.54) is 18.2 Å². The quantitative estimate of drug-likeness (QED) is 0.636. The number of para-hydroxylation sites is 1. The lowest BCUT2D eigenvalue weighted by atomic mass is 10.1. The predicted molar refractivity (Wildman–Crippen MR) is 74.9 cm³/mol. The summed E-state index contributed by atoms with van der Waals surface area (Å²) in [6, 6.07) is 5.91. The van der Waals surface area contributed by atoms with Gasteiger partial charge in [0.25, 0.3) is 5.69 Å². The second kappa shape index (κ2) is 5.89. The van der Waals surface area contributed by atoms with E-state index in [4.69, 9.17) is 9.47 Å². The Bertz CT molecular complexity index is 674. The largest absolute Gasteiger partial charge is 0.338 e. The van der Waals surface area contributed by atoms with Crippen molar-refractivity contribution >= 4 is 16.0 Å². The fraction of sp³-hybridized carbons (Fsp3) is 0.500. The zero-order valence-corrected chi connectivity index (χ0v) is 13.0. The van der Waals surface area contributed by atoms with Gasteiger partial charge in [0.1, 0.15) is 6.10 Å². The van der Waals surface area contributed by atoms with E-state index in [-0.39, 0.29) is 11.3 Å². The molecule has 10 heteroatoms. The molecular weight excluding hydrogens is 316 g/mol. The molecule has 1 aromatic carbocycles. The Labute approximate surface area is 127 Å². The molecule has 22 heavy (non-hydrogen) atoms. The number of ether oxygens (including phenoxy) is 2. The third-order valence-electron chi connectivity index (χ3n) is 3.02. The minimum Gasteiger partial charge on any atom is -0.338 e. The maximum atomic E-state index is 11.6. The molecule has 1 heterocycles. The third kappa shape index (κ3) is 3.59. The van der Waals surface area contributed by atoms with Crippen molar-refractivity contribution in [1.82, 2.24) is 4.72 Å². The van der Waals surface area contributed by atoms with Gasteiger partial charge in [0.05, 0.1) is 17.6 Å². The van der Waals surface area contributed by atoms with Gasteiger partial charge in [-0.2, -0.15) is 13.1 Å². The molecule has 1 N–H and O–H groups in total. The molecule has 2 atom stereocenters. The first kappa shape index (κ1) is 16.8. The molecule has 1 aromatic rings. The van der Waals surface area contributed by atoms with E-state index in [1.807, 2.05) is 0 Å². The van der Waals surface area contributed by atoms with E-state index in [0.717, 1.165) is 7.11 Å². The standard InChI is InChI=1S/C12H16N2O7S/c1-12(2)20-10(11(21-12)13-22(17,18)19-3)8-6-4-5-7-9(8)14(15)16/h4-7,10-11,13H,1-3H3/t10-,11-/m0/s1. The Balaban J connectivity index is 2.41. The molecule has 1 saturated heterocycles. The summed E-state index contributed by atoms with van der Waals surface area (Å²) in [4.78, 5) is 10.6. The molecule has 0 bridgehead atoms. The highest BCUT2D eigenvalue weighted by molar-refractivity contribution is 7.84. The van der Waals surface area contributed by atoms with Gasteiger partial charge in [-0.25, -0.2) is 0 Å². The van der Waals surface area contributed by atoms with E-state index in [2.05, 4.69) is 8.91 Å². The van der Waals surface area contributed by atoms with Crippen molar-refractivity contribution < 1.29 is 27.0 Å². The summed E-state index contributed by atoms with van der Waals surface area (Å²) in [7, 11) is -3.06. The first-order valence-electron chi connectivity index (χ1n) is 6.32. The highest BCUT2D eigenvalue weighted by atomic mass is 32.2. The third-order valence-corrected chi connectivity index (χ3v) is 3.98. The van der Waals surface area contributed by atoms with Crippen LogP contribution in [0, 0.1) is 10.1 Å². The van der Waals surface area contributed by atoms with Gasteiger partial charge in [-0.15, -0.1) is 0 Å². The molecule has 1 fully saturated rings. The summed E-state index contributed by atoms with van der Waals surface area (Å²) in [6.45, 7) is 3.16. The van der Waals surface area contributed by atoms with Crippen LogP contribution in [0.2, 0.25) is 0 Å². The van der Waals surface area contributed by atoms with E-state index in [1.54, 1.807) is 19.9 Å². The molecule has 2 rings (SSSR count). The van der Waals surface area contributed by atoms with Gasteiger partial charge in [0, 0.05) is 6.07 Å². The van der Waals surface area contributed by atoms with Crippen LogP contribution in [0.3, 0.4) is 0 Å². The van der Waals surface area contributed by atoms with Crippen molar-refractivity contribution in [2.45, 2.75) is 32.0 Å². The second-order valence-electron chi connectivity index (χ2n) is 5.03. The molecule has 0 amide bonds. The van der Waals surface area contributed by atoms with E-state index < -0.39 is 33.3 Å². The number of benzene rings is 1. The van der Waals surface area contributed by atoms with Crippen LogP contribution < -0.4 is 4.72 Å². The second-order valence-corrected chi connectivity index (χ2v) is 6.51. The zero-order valence-electron chi connectivity index (χ0n) is 12.2. The number of hydrogen-bond acceptors (Lipinski definition) is 7. The van der Waals surface area contributed by atoms with Crippen LogP contribution >= 0.6 is 0 Å². The zero-order chi connectivity index (χ0) is 16.5. The van der Waals surface area contributed by atoms with Gasteiger partial charge in [-0.05, 0) is 19.9 Å². The molecular formula is C12H16N2O7S. The molecule has 0 aromatic heterocycles. The van der Waals surface area contributed by atoms with Crippen molar-refractivity contribution in [2.75, 3.05) is 7.11 Å². The molecule has 0 radical (unpaired) electrons. The number of rotatable bonds is 5. The lowest BCUT2D eigenvalue weighted by Gasteiger charge is -2.17. The maximum Gasteiger partial charge on any atom is 0.337 e. The van der Waals surface area contributed by atoms with Crippen molar-refractivity contribution in [3.05, 3.63) is 39.9 Å². The summed E-state index contributed by atoms with van der Waals surface area (Å²) < 4.78 is 40.7. The van der Waals surface area contributed by atoms with Crippen LogP contribution in [0.1, 0.15) is 25.5 Å². The highest BCUT2D eigenvalue weighted by Gasteiger charge is 2.46. The number of nitro benzene ring substituents is 1. The maximum absolute atomic E-state index is 11.6. The lowest BCUT2D eigenvalue weighted by molar-refractivity contribution is -0.386. The van der Waals surface area contributed by atoms with Crippen LogP contribution in [-0.4, -0.2) is 32.5 Å². The molecule has 9 nitrogen and oxygen atoms in total. The predicted octanol–water partition coefficient (Wildman–Crippen LogP) is 1.23. The Morgan fingerprint density at radius 1 is 1.32 bits per heavy atom. The van der Waals surface area contributed by atoms with Crippen LogP contribution in [0.4, 0.5) is 5.69 Å². The summed E-state index contributed by atoms with van der Waals surface area (Å²) in [6.07, 6.45) is -2.14. The highest BCUT2D eigenvalue weighted by Crippen LogP contribution is 2.40. The Kier molecular flexibility index (Phi) is 4.49. The topological polar surface area (TPSA) is 117 Å². The molecule has 122 valence electrons. The van der Waals surface area contributed by atoms with Crippen molar-refractivity contribution in [2.24, 2.45) is 0 Å². The SMILES string of the molecule is COS(=O)(=O)N[C@H]1OC(C)(C)O[C@H]1c1ccccc1[N+](=O)[O-]. The van der Waals surface area contributed by atoms with Gasteiger partial charge in [0.2, 0.25) is 0 Å². The van der Waals surface area contributed by atoms with E-state index in [0.29, 0.717) is 0 Å². The van der Waals surface area contributed by atoms with Crippen LogP contribution in [0.5, 0.6) is 0 Å². The van der Waals surface area contributed by atoms with Crippen LogP contribution in [-0.2, 0) is 24.0 Å². The smallest absolute Gasteiger partial charge is 0.337 e. The lowest BCUT2D eigenvalue weighted by Crippen LogP contribution is -2.39. The Morgan fingerprint density at radius 2 is 1.95 bits per heavy atom. The van der Waals surface area contributed by atoms with Gasteiger partial charge >= 0.3 is 10.3 Å². The molecule has 0 spiro atoms. The van der Waals surface area contributed by atoms with Gasteiger partial charge in [-0.1, -0.05) is 12.1 Å². The van der Waals surface area contributed by atoms with Gasteiger partial charge in [0.15, 0.2) is 12.0 Å². The summed E-state index contributed by atoms with van der Waals surface area (Å²) in [5, 5.41) is 11.1. The first-order valence-corrected chi connectivity index (χ1v) is 7.73. The Morgan fingerprint density at radius 3 is 2.55 bits per heavy atom. The minimum absolute atomic E-state index is 0.185. The fourth-order valence-electron chi connectivity index (χ4n) is 2.16. The van der Waals surface area contributed by atoms with Crippen LogP contribution in [0.15, 0.2) is 24.3 Å². The number of nitrogens with one attached hydrogen (secondary N) is 1. The molecule has 0 aliphatic carbocycles. The molecule has 0 saturated carbocycles. The van der Waals surface area contributed by atoms with Gasteiger partial charge < -0.3 is 9.47 Å². The normalized spacial score (nSPS) is 24.3. The molecule has 1 aliphatic rings. The number of nitro groups is 1.